The fourth-order valence-electron chi connectivity index (χ4n) is 2.50. The van der Waals surface area contributed by atoms with Gasteiger partial charge in [-0.25, -0.2) is 0 Å². The van der Waals surface area contributed by atoms with Crippen molar-refractivity contribution < 1.29 is 4.79 Å². The third-order valence-corrected chi connectivity index (χ3v) is 4.06. The van der Waals surface area contributed by atoms with Gasteiger partial charge in [0.15, 0.2) is 5.78 Å². The highest BCUT2D eigenvalue weighted by molar-refractivity contribution is 5.87. The van der Waals surface area contributed by atoms with Crippen molar-refractivity contribution in [3.63, 3.8) is 0 Å². The Bertz CT molecular complexity index is 237. The van der Waals surface area contributed by atoms with E-state index in [2.05, 4.69) is 18.7 Å². The minimum atomic E-state index is -0.203. The predicted octanol–water partition coefficient (Wildman–Crippen LogP) is 2.62. The second-order valence-electron chi connectivity index (χ2n) is 5.66. The molecule has 0 aromatic heterocycles. The zero-order valence-electron chi connectivity index (χ0n) is 10.1. The maximum atomic E-state index is 12.1. The molecule has 1 aliphatic carbocycles. The Morgan fingerprint density at radius 1 is 1.27 bits per heavy atom. The van der Waals surface area contributed by atoms with E-state index in [1.165, 1.54) is 25.7 Å². The van der Waals surface area contributed by atoms with Crippen LogP contribution in [0.1, 0.15) is 52.4 Å². The van der Waals surface area contributed by atoms with Gasteiger partial charge in [-0.05, 0) is 52.1 Å². The van der Waals surface area contributed by atoms with Gasteiger partial charge >= 0.3 is 0 Å². The van der Waals surface area contributed by atoms with Crippen LogP contribution in [0.3, 0.4) is 0 Å². The molecule has 0 aromatic carbocycles. The van der Waals surface area contributed by atoms with Crippen LogP contribution in [0.15, 0.2) is 0 Å². The molecule has 2 heteroatoms. The summed E-state index contributed by atoms with van der Waals surface area (Å²) in [6.45, 7) is 6.44. The molecule has 1 aliphatic heterocycles. The van der Waals surface area contributed by atoms with E-state index >= 15 is 0 Å². The van der Waals surface area contributed by atoms with E-state index in [4.69, 9.17) is 0 Å². The number of ketones is 1. The number of hydrogen-bond acceptors (Lipinski definition) is 2. The maximum Gasteiger partial charge on any atom is 0.152 e. The summed E-state index contributed by atoms with van der Waals surface area (Å²) in [5.74, 6) is 1.33. The molecular weight excluding hydrogens is 186 g/mol. The highest BCUT2D eigenvalue weighted by Crippen LogP contribution is 2.34. The molecule has 0 bridgehead atoms. The normalized spacial score (nSPS) is 23.3. The lowest BCUT2D eigenvalue weighted by Crippen LogP contribution is -2.48. The molecule has 0 unspecified atom stereocenters. The Kier molecular flexibility index (Phi) is 3.15. The second kappa shape index (κ2) is 4.25. The van der Waals surface area contributed by atoms with Crippen molar-refractivity contribution in [2.24, 2.45) is 5.92 Å². The highest BCUT2D eigenvalue weighted by Gasteiger charge is 2.36. The summed E-state index contributed by atoms with van der Waals surface area (Å²) in [5, 5.41) is 0. The third kappa shape index (κ3) is 2.60. The largest absolute Gasteiger partial charge is 0.298 e. The van der Waals surface area contributed by atoms with Crippen molar-refractivity contribution in [3.05, 3.63) is 0 Å². The summed E-state index contributed by atoms with van der Waals surface area (Å²) in [6.07, 6.45) is 7.18. The number of Topliss-reactive ketones (excluding diaryl/α,β-unsaturated/α-hetero) is 1. The van der Waals surface area contributed by atoms with Crippen molar-refractivity contribution >= 4 is 5.78 Å². The number of carbonyl (C=O) groups excluding carboxylic acids is 1. The number of likely N-dealkylation sites (tertiary alicyclic amines) is 1. The number of carbonyl (C=O) groups is 1. The summed E-state index contributed by atoms with van der Waals surface area (Å²) in [6, 6.07) is 0. The SMILES string of the molecule is CC(C)(C(=O)CCC1CC1)N1CCCC1. The fourth-order valence-corrected chi connectivity index (χ4v) is 2.50. The van der Waals surface area contributed by atoms with Crippen LogP contribution in [0.2, 0.25) is 0 Å². The average molecular weight is 209 g/mol. The van der Waals surface area contributed by atoms with E-state index in [1.807, 2.05) is 0 Å². The molecule has 0 aromatic rings. The predicted molar refractivity (Wildman–Crippen MR) is 61.9 cm³/mol. The molecule has 2 fully saturated rings. The standard InChI is InChI=1S/C13H23NO/c1-13(2,14-9-3-4-10-14)12(15)8-7-11-5-6-11/h11H,3-10H2,1-2H3. The number of hydrogen-bond donors (Lipinski definition) is 0. The monoisotopic (exact) mass is 209 g/mol. The Morgan fingerprint density at radius 3 is 2.40 bits per heavy atom. The molecule has 2 rings (SSSR count). The van der Waals surface area contributed by atoms with Crippen LogP contribution in [-0.2, 0) is 4.79 Å². The molecule has 86 valence electrons. The van der Waals surface area contributed by atoms with Crippen LogP contribution in [0, 0.1) is 5.92 Å². The molecule has 1 saturated heterocycles. The van der Waals surface area contributed by atoms with Crippen LogP contribution in [0.4, 0.5) is 0 Å². The quantitative estimate of drug-likeness (QED) is 0.693. The van der Waals surface area contributed by atoms with Gasteiger partial charge in [-0.2, -0.15) is 0 Å². The van der Waals surface area contributed by atoms with Crippen LogP contribution in [0.5, 0.6) is 0 Å². The minimum Gasteiger partial charge on any atom is -0.298 e. The molecule has 15 heavy (non-hydrogen) atoms. The number of rotatable bonds is 5. The molecule has 2 nitrogen and oxygen atoms in total. The lowest BCUT2D eigenvalue weighted by molar-refractivity contribution is -0.129. The second-order valence-corrected chi connectivity index (χ2v) is 5.66. The van der Waals surface area contributed by atoms with Gasteiger partial charge in [-0.3, -0.25) is 9.69 Å². The van der Waals surface area contributed by atoms with Crippen molar-refractivity contribution in [1.82, 2.24) is 4.90 Å². The van der Waals surface area contributed by atoms with Crippen LogP contribution in [-0.4, -0.2) is 29.3 Å². The van der Waals surface area contributed by atoms with Gasteiger partial charge in [0.1, 0.15) is 0 Å². The Hall–Kier alpha value is -0.370. The molecule has 0 N–H and O–H groups in total. The van der Waals surface area contributed by atoms with Crippen LogP contribution >= 0.6 is 0 Å². The summed E-state index contributed by atoms with van der Waals surface area (Å²) < 4.78 is 0. The molecule has 0 atom stereocenters. The first kappa shape index (κ1) is 11.1. The summed E-state index contributed by atoms with van der Waals surface area (Å²) >= 11 is 0. The van der Waals surface area contributed by atoms with E-state index in [-0.39, 0.29) is 5.54 Å². The van der Waals surface area contributed by atoms with Gasteiger partial charge in [-0.1, -0.05) is 12.8 Å². The van der Waals surface area contributed by atoms with Crippen molar-refractivity contribution in [3.8, 4) is 0 Å². The van der Waals surface area contributed by atoms with Crippen LogP contribution in [0.25, 0.3) is 0 Å². The molecule has 0 amide bonds. The maximum absolute atomic E-state index is 12.1. The lowest BCUT2D eigenvalue weighted by atomic mass is 9.93. The molecule has 1 saturated carbocycles. The van der Waals surface area contributed by atoms with Crippen molar-refractivity contribution in [2.75, 3.05) is 13.1 Å². The first-order valence-electron chi connectivity index (χ1n) is 6.39. The van der Waals surface area contributed by atoms with Gasteiger partial charge in [0.05, 0.1) is 5.54 Å². The van der Waals surface area contributed by atoms with Gasteiger partial charge in [0.25, 0.3) is 0 Å². The average Bonchev–Trinajstić information content (AvgIpc) is 2.85. The fraction of sp³-hybridized carbons (Fsp3) is 0.923. The number of nitrogens with zero attached hydrogens (tertiary/aromatic N) is 1. The third-order valence-electron chi connectivity index (χ3n) is 4.06. The van der Waals surface area contributed by atoms with Gasteiger partial charge in [-0.15, -0.1) is 0 Å². The summed E-state index contributed by atoms with van der Waals surface area (Å²) in [4.78, 5) is 14.5. The first-order valence-corrected chi connectivity index (χ1v) is 6.39. The van der Waals surface area contributed by atoms with Gasteiger partial charge in [0.2, 0.25) is 0 Å². The molecule has 1 heterocycles. The van der Waals surface area contributed by atoms with Gasteiger partial charge < -0.3 is 0 Å². The Morgan fingerprint density at radius 2 is 1.87 bits per heavy atom. The molecule has 2 aliphatic rings. The minimum absolute atomic E-state index is 0.203. The highest BCUT2D eigenvalue weighted by atomic mass is 16.1. The van der Waals surface area contributed by atoms with E-state index < -0.39 is 0 Å². The lowest BCUT2D eigenvalue weighted by Gasteiger charge is -2.34. The molecular formula is C13H23NO. The van der Waals surface area contributed by atoms with Crippen molar-refractivity contribution in [1.29, 1.82) is 0 Å². The summed E-state index contributed by atoms with van der Waals surface area (Å²) in [5.41, 5.74) is -0.203. The zero-order valence-corrected chi connectivity index (χ0v) is 10.1. The van der Waals surface area contributed by atoms with E-state index in [0.29, 0.717) is 5.78 Å². The van der Waals surface area contributed by atoms with Crippen LogP contribution < -0.4 is 0 Å². The first-order chi connectivity index (χ1) is 7.10. The summed E-state index contributed by atoms with van der Waals surface area (Å²) in [7, 11) is 0. The topological polar surface area (TPSA) is 20.3 Å². The molecule has 0 radical (unpaired) electrons. The van der Waals surface area contributed by atoms with Gasteiger partial charge in [0, 0.05) is 6.42 Å². The van der Waals surface area contributed by atoms with E-state index in [9.17, 15) is 4.79 Å². The van der Waals surface area contributed by atoms with E-state index in [0.717, 1.165) is 31.8 Å². The Labute approximate surface area is 93.0 Å². The smallest absolute Gasteiger partial charge is 0.152 e. The zero-order chi connectivity index (χ0) is 10.9. The Balaban J connectivity index is 1.84. The van der Waals surface area contributed by atoms with E-state index in [1.54, 1.807) is 0 Å². The molecule has 0 spiro atoms. The van der Waals surface area contributed by atoms with Crippen molar-refractivity contribution in [2.45, 2.75) is 57.9 Å².